The van der Waals surface area contributed by atoms with Crippen LogP contribution in [0.25, 0.3) is 5.57 Å². The molecule has 1 aromatic rings. The third-order valence-corrected chi connectivity index (χ3v) is 2.87. The van der Waals surface area contributed by atoms with Gasteiger partial charge in [-0.05, 0) is 30.5 Å². The molecule has 0 bridgehead atoms. The molecule has 0 aliphatic carbocycles. The van der Waals surface area contributed by atoms with Crippen LogP contribution in [-0.4, -0.2) is 30.1 Å². The van der Waals surface area contributed by atoms with E-state index in [0.29, 0.717) is 0 Å². The molecule has 15 heavy (non-hydrogen) atoms. The van der Waals surface area contributed by atoms with Gasteiger partial charge in [0.05, 0.1) is 6.67 Å². The average Bonchev–Trinajstić information content (AvgIpc) is 2.22. The van der Waals surface area contributed by atoms with Crippen LogP contribution in [0.3, 0.4) is 0 Å². The van der Waals surface area contributed by atoms with E-state index < -0.39 is 0 Å². The molecule has 1 N–H and O–H groups in total. The van der Waals surface area contributed by atoms with E-state index in [1.165, 1.54) is 22.3 Å². The Kier molecular flexibility index (Phi) is 2.73. The van der Waals surface area contributed by atoms with Crippen molar-refractivity contribution in [2.75, 3.05) is 20.3 Å². The van der Waals surface area contributed by atoms with Crippen LogP contribution < -0.4 is 5.32 Å². The van der Waals surface area contributed by atoms with E-state index >= 15 is 0 Å². The lowest BCUT2D eigenvalue weighted by molar-refractivity contribution is 0.404. The largest absolute Gasteiger partial charge is 0.367 e. The highest BCUT2D eigenvalue weighted by Gasteiger charge is 2.11. The number of nitrogens with one attached hydrogen (secondary N) is 1. The zero-order chi connectivity index (χ0) is 10.8. The minimum Gasteiger partial charge on any atom is -0.367 e. The summed E-state index contributed by atoms with van der Waals surface area (Å²) in [6.07, 6.45) is 6.06. The monoisotopic (exact) mass is 203 g/mol. The van der Waals surface area contributed by atoms with Crippen molar-refractivity contribution >= 4 is 5.57 Å². The van der Waals surface area contributed by atoms with E-state index in [-0.39, 0.29) is 0 Å². The molecule has 0 unspecified atom stereocenters. The number of rotatable bonds is 1. The molecule has 2 rings (SSSR count). The fraction of sp³-hybridized carbons (Fsp3) is 0.417. The number of aryl methyl sites for hydroxylation is 1. The summed E-state index contributed by atoms with van der Waals surface area (Å²) >= 11 is 0. The molecule has 1 aliphatic rings. The molecule has 0 saturated heterocycles. The van der Waals surface area contributed by atoms with Gasteiger partial charge in [0.1, 0.15) is 0 Å². The van der Waals surface area contributed by atoms with Gasteiger partial charge in [0.2, 0.25) is 0 Å². The van der Waals surface area contributed by atoms with Crippen molar-refractivity contribution in [2.45, 2.75) is 13.8 Å². The molecule has 1 aromatic heterocycles. The van der Waals surface area contributed by atoms with Gasteiger partial charge in [0.25, 0.3) is 0 Å². The smallest absolute Gasteiger partial charge is 0.0675 e. The molecule has 3 heteroatoms. The molecule has 0 saturated carbocycles. The van der Waals surface area contributed by atoms with Gasteiger partial charge in [-0.15, -0.1) is 0 Å². The van der Waals surface area contributed by atoms with E-state index in [4.69, 9.17) is 0 Å². The van der Waals surface area contributed by atoms with Crippen molar-refractivity contribution in [3.05, 3.63) is 35.3 Å². The molecule has 0 radical (unpaired) electrons. The first-order valence-electron chi connectivity index (χ1n) is 5.21. The van der Waals surface area contributed by atoms with Gasteiger partial charge in [-0.1, -0.05) is 0 Å². The maximum Gasteiger partial charge on any atom is 0.0675 e. The van der Waals surface area contributed by atoms with Crippen molar-refractivity contribution in [1.29, 1.82) is 0 Å². The molecule has 80 valence electrons. The van der Waals surface area contributed by atoms with Gasteiger partial charge in [0, 0.05) is 37.7 Å². The lowest BCUT2D eigenvalue weighted by atomic mass is 10.00. The first-order chi connectivity index (χ1) is 7.18. The standard InChI is InChI=1S/C12H17N3/c1-9-4-13-6-12(10(9)2)11-5-14-8-15(3)7-11/h4,6-7,14H,5,8H2,1-3H3. The molecule has 3 nitrogen and oxygen atoms in total. The van der Waals surface area contributed by atoms with Crippen molar-refractivity contribution in [3.63, 3.8) is 0 Å². The molecule has 1 aliphatic heterocycles. The summed E-state index contributed by atoms with van der Waals surface area (Å²) in [5.41, 5.74) is 5.15. The fourth-order valence-corrected chi connectivity index (χ4v) is 1.84. The highest BCUT2D eigenvalue weighted by Crippen LogP contribution is 2.21. The summed E-state index contributed by atoms with van der Waals surface area (Å²) in [6, 6.07) is 0. The van der Waals surface area contributed by atoms with E-state index in [2.05, 4.69) is 42.3 Å². The van der Waals surface area contributed by atoms with Gasteiger partial charge in [-0.3, -0.25) is 10.3 Å². The van der Waals surface area contributed by atoms with Crippen molar-refractivity contribution in [1.82, 2.24) is 15.2 Å². The van der Waals surface area contributed by atoms with Gasteiger partial charge in [0.15, 0.2) is 0 Å². The second-order valence-corrected chi connectivity index (χ2v) is 4.13. The third kappa shape index (κ3) is 2.02. The number of hydrogen-bond donors (Lipinski definition) is 1. The summed E-state index contributed by atoms with van der Waals surface area (Å²) in [7, 11) is 2.07. The van der Waals surface area contributed by atoms with Gasteiger partial charge >= 0.3 is 0 Å². The maximum atomic E-state index is 4.26. The quantitative estimate of drug-likeness (QED) is 0.750. The van der Waals surface area contributed by atoms with Crippen LogP contribution in [0.5, 0.6) is 0 Å². The van der Waals surface area contributed by atoms with E-state index in [9.17, 15) is 0 Å². The molecule has 0 aromatic carbocycles. The zero-order valence-electron chi connectivity index (χ0n) is 9.54. The van der Waals surface area contributed by atoms with Crippen LogP contribution >= 0.6 is 0 Å². The van der Waals surface area contributed by atoms with Crippen LogP contribution in [0, 0.1) is 13.8 Å². The van der Waals surface area contributed by atoms with Crippen LogP contribution in [0.2, 0.25) is 0 Å². The Morgan fingerprint density at radius 2 is 2.13 bits per heavy atom. The summed E-state index contributed by atoms with van der Waals surface area (Å²) in [5, 5.41) is 3.36. The Hall–Kier alpha value is -1.35. The molecule has 0 spiro atoms. The van der Waals surface area contributed by atoms with Crippen molar-refractivity contribution in [3.8, 4) is 0 Å². The van der Waals surface area contributed by atoms with Crippen LogP contribution in [-0.2, 0) is 0 Å². The van der Waals surface area contributed by atoms with Gasteiger partial charge in [-0.2, -0.15) is 0 Å². The highest BCUT2D eigenvalue weighted by atomic mass is 15.2. The van der Waals surface area contributed by atoms with Crippen LogP contribution in [0.1, 0.15) is 16.7 Å². The Morgan fingerprint density at radius 3 is 2.87 bits per heavy atom. The Balaban J connectivity index is 2.41. The SMILES string of the molecule is Cc1cncc(C2=CN(C)CNC2)c1C. The minimum absolute atomic E-state index is 0.918. The molecule has 2 heterocycles. The Labute approximate surface area is 90.8 Å². The molecule has 0 atom stereocenters. The Bertz CT molecular complexity index is 396. The number of pyridine rings is 1. The number of hydrogen-bond acceptors (Lipinski definition) is 3. The third-order valence-electron chi connectivity index (χ3n) is 2.87. The first-order valence-corrected chi connectivity index (χ1v) is 5.21. The van der Waals surface area contributed by atoms with Crippen molar-refractivity contribution < 1.29 is 0 Å². The Morgan fingerprint density at radius 1 is 1.33 bits per heavy atom. The summed E-state index contributed by atoms with van der Waals surface area (Å²) < 4.78 is 0. The fourth-order valence-electron chi connectivity index (χ4n) is 1.84. The zero-order valence-corrected chi connectivity index (χ0v) is 9.54. The number of nitrogens with zero attached hydrogens (tertiary/aromatic N) is 2. The molecule has 0 fully saturated rings. The minimum atomic E-state index is 0.918. The van der Waals surface area contributed by atoms with E-state index in [1.54, 1.807) is 0 Å². The second-order valence-electron chi connectivity index (χ2n) is 4.13. The van der Waals surface area contributed by atoms with Crippen LogP contribution in [0.4, 0.5) is 0 Å². The predicted molar refractivity (Wildman–Crippen MR) is 62.3 cm³/mol. The molecule has 0 amide bonds. The predicted octanol–water partition coefficient (Wildman–Crippen LogP) is 1.53. The lowest BCUT2D eigenvalue weighted by Gasteiger charge is -2.24. The molecular weight excluding hydrogens is 186 g/mol. The number of aromatic nitrogens is 1. The topological polar surface area (TPSA) is 28.2 Å². The lowest BCUT2D eigenvalue weighted by Crippen LogP contribution is -2.33. The first kappa shape index (κ1) is 10.2. The summed E-state index contributed by atoms with van der Waals surface area (Å²) in [5.74, 6) is 0. The van der Waals surface area contributed by atoms with E-state index in [1.807, 2.05) is 12.4 Å². The normalized spacial score (nSPS) is 16.5. The van der Waals surface area contributed by atoms with Gasteiger partial charge in [-0.25, -0.2) is 0 Å². The second kappa shape index (κ2) is 4.03. The van der Waals surface area contributed by atoms with Crippen LogP contribution in [0.15, 0.2) is 18.6 Å². The molecular formula is C12H17N3. The summed E-state index contributed by atoms with van der Waals surface area (Å²) in [6.45, 7) is 6.10. The van der Waals surface area contributed by atoms with E-state index in [0.717, 1.165) is 13.2 Å². The summed E-state index contributed by atoms with van der Waals surface area (Å²) in [4.78, 5) is 6.41. The van der Waals surface area contributed by atoms with Gasteiger partial charge < -0.3 is 4.90 Å². The van der Waals surface area contributed by atoms with Crippen molar-refractivity contribution in [2.24, 2.45) is 0 Å². The highest BCUT2D eigenvalue weighted by molar-refractivity contribution is 5.69. The average molecular weight is 203 g/mol. The maximum absolute atomic E-state index is 4.26.